The molecule has 0 heterocycles. The van der Waals surface area contributed by atoms with Crippen molar-refractivity contribution in [1.29, 1.82) is 0 Å². The first-order valence-electron chi connectivity index (χ1n) is 5.40. The molecular weight excluding hydrogens is 252 g/mol. The van der Waals surface area contributed by atoms with E-state index in [1.807, 2.05) is 20.8 Å². The summed E-state index contributed by atoms with van der Waals surface area (Å²) in [4.78, 5) is 0. The average Bonchev–Trinajstić information content (AvgIpc) is 2.19. The van der Waals surface area contributed by atoms with Crippen LogP contribution in [0.4, 0.5) is 0 Å². The molecule has 0 aliphatic carbocycles. The van der Waals surface area contributed by atoms with Gasteiger partial charge < -0.3 is 13.3 Å². The summed E-state index contributed by atoms with van der Waals surface area (Å²) in [6.07, 6.45) is 0.973. The van der Waals surface area contributed by atoms with E-state index < -0.39 is 8.80 Å². The molecule has 0 aliphatic rings. The highest BCUT2D eigenvalue weighted by atomic mass is 35.7. The summed E-state index contributed by atoms with van der Waals surface area (Å²) in [5, 5.41) is 0. The van der Waals surface area contributed by atoms with Crippen molar-refractivity contribution in [2.75, 3.05) is 25.6 Å². The van der Waals surface area contributed by atoms with E-state index in [9.17, 15) is 0 Å². The van der Waals surface area contributed by atoms with Gasteiger partial charge in [0.1, 0.15) is 0 Å². The van der Waals surface area contributed by atoms with Crippen molar-refractivity contribution in [2.45, 2.75) is 33.2 Å². The monoisotopic (exact) mass is 272 g/mol. The Hall–Kier alpha value is 0.737. The predicted molar refractivity (Wildman–Crippen MR) is 68.4 cm³/mol. The van der Waals surface area contributed by atoms with Crippen LogP contribution in [0, 0.1) is 0 Å². The maximum atomic E-state index is 5.70. The van der Waals surface area contributed by atoms with Crippen LogP contribution >= 0.6 is 21.7 Å². The van der Waals surface area contributed by atoms with Crippen molar-refractivity contribution in [3.8, 4) is 0 Å². The molecule has 92 valence electrons. The Labute approximate surface area is 103 Å². The van der Waals surface area contributed by atoms with E-state index in [1.165, 1.54) is 11.0 Å². The molecule has 3 nitrogen and oxygen atoms in total. The van der Waals surface area contributed by atoms with Gasteiger partial charge in [-0.2, -0.15) is 0 Å². The lowest BCUT2D eigenvalue weighted by Gasteiger charge is -2.28. The lowest BCUT2D eigenvalue weighted by atomic mass is 10.6. The molecule has 0 aliphatic heterocycles. The summed E-state index contributed by atoms with van der Waals surface area (Å²) < 4.78 is 17.1. The van der Waals surface area contributed by atoms with Crippen molar-refractivity contribution in [1.82, 2.24) is 0 Å². The van der Waals surface area contributed by atoms with Crippen LogP contribution in [-0.4, -0.2) is 34.4 Å². The van der Waals surface area contributed by atoms with E-state index in [4.69, 9.17) is 24.0 Å². The van der Waals surface area contributed by atoms with E-state index >= 15 is 0 Å². The van der Waals surface area contributed by atoms with Crippen molar-refractivity contribution in [2.24, 2.45) is 0 Å². The molecule has 0 fully saturated rings. The van der Waals surface area contributed by atoms with Gasteiger partial charge in [0, 0.05) is 31.6 Å². The molecule has 0 bridgehead atoms. The maximum Gasteiger partial charge on any atom is 0.500 e. The van der Waals surface area contributed by atoms with Crippen LogP contribution < -0.4 is 0 Å². The lowest BCUT2D eigenvalue weighted by molar-refractivity contribution is 0.0712. The maximum absolute atomic E-state index is 5.70. The molecule has 0 amide bonds. The van der Waals surface area contributed by atoms with Gasteiger partial charge in [-0.3, -0.25) is 0 Å². The van der Waals surface area contributed by atoms with E-state index in [0.717, 1.165) is 18.2 Å². The molecular formula is C9H21ClO3SSi. The fraction of sp³-hybridized carbons (Fsp3) is 1.00. The van der Waals surface area contributed by atoms with Gasteiger partial charge in [0.25, 0.3) is 0 Å². The van der Waals surface area contributed by atoms with Gasteiger partial charge in [0.2, 0.25) is 0 Å². The zero-order chi connectivity index (χ0) is 11.6. The fourth-order valence-corrected chi connectivity index (χ4v) is 4.79. The molecule has 0 unspecified atom stereocenters. The molecule has 0 aromatic heterocycles. The number of hydrogen-bond acceptors (Lipinski definition) is 4. The third kappa shape index (κ3) is 6.81. The number of halogens is 1. The van der Waals surface area contributed by atoms with Crippen molar-refractivity contribution < 1.29 is 13.3 Å². The summed E-state index contributed by atoms with van der Waals surface area (Å²) in [5.41, 5.74) is 0. The first-order valence-corrected chi connectivity index (χ1v) is 9.14. The summed E-state index contributed by atoms with van der Waals surface area (Å²) in [6.45, 7) is 7.82. The van der Waals surface area contributed by atoms with Crippen LogP contribution in [-0.2, 0) is 13.3 Å². The third-order valence-electron chi connectivity index (χ3n) is 1.80. The standard InChI is InChI=1S/C9H21ClO3SSi/c1-4-11-15(12-5-2,13-6-3)9-7-8-14-10/h4-9H2,1-3H3. The zero-order valence-corrected chi connectivity index (χ0v) is 12.3. The summed E-state index contributed by atoms with van der Waals surface area (Å²) in [7, 11) is 4.49. The van der Waals surface area contributed by atoms with Gasteiger partial charge in [-0.25, -0.2) is 0 Å². The van der Waals surface area contributed by atoms with Crippen LogP contribution in [0.15, 0.2) is 0 Å². The van der Waals surface area contributed by atoms with Crippen LogP contribution in [0.2, 0.25) is 6.04 Å². The van der Waals surface area contributed by atoms with E-state index in [1.54, 1.807) is 0 Å². The van der Waals surface area contributed by atoms with Crippen LogP contribution in [0.3, 0.4) is 0 Å². The summed E-state index contributed by atoms with van der Waals surface area (Å²) in [6, 6.07) is 0.849. The normalized spacial score (nSPS) is 12.0. The Kier molecular flexibility index (Phi) is 10.4. The Morgan fingerprint density at radius 2 is 1.47 bits per heavy atom. The van der Waals surface area contributed by atoms with E-state index in [0.29, 0.717) is 19.8 Å². The molecule has 0 atom stereocenters. The van der Waals surface area contributed by atoms with Crippen molar-refractivity contribution >= 4 is 30.5 Å². The number of rotatable bonds is 10. The van der Waals surface area contributed by atoms with E-state index in [2.05, 4.69) is 0 Å². The highest BCUT2D eigenvalue weighted by Gasteiger charge is 2.39. The average molecular weight is 273 g/mol. The fourth-order valence-electron chi connectivity index (χ4n) is 1.34. The van der Waals surface area contributed by atoms with Gasteiger partial charge in [-0.1, -0.05) is 11.0 Å². The van der Waals surface area contributed by atoms with Gasteiger partial charge >= 0.3 is 8.80 Å². The predicted octanol–water partition coefficient (Wildman–Crippen LogP) is 3.31. The molecule has 0 N–H and O–H groups in total. The first-order chi connectivity index (χ1) is 7.24. The third-order valence-corrected chi connectivity index (χ3v) is 5.85. The minimum absolute atomic E-state index is 0.639. The number of hydrogen-bond donors (Lipinski definition) is 0. The largest absolute Gasteiger partial charge is 0.500 e. The molecule has 15 heavy (non-hydrogen) atoms. The van der Waals surface area contributed by atoms with Gasteiger partial charge in [-0.05, 0) is 37.9 Å². The van der Waals surface area contributed by atoms with Gasteiger partial charge in [0.15, 0.2) is 0 Å². The Morgan fingerprint density at radius 3 is 1.80 bits per heavy atom. The topological polar surface area (TPSA) is 27.7 Å². The minimum atomic E-state index is -2.40. The molecule has 6 heteroatoms. The summed E-state index contributed by atoms with van der Waals surface area (Å²) >= 11 is 0. The molecule has 0 spiro atoms. The second-order valence-corrected chi connectivity index (χ2v) is 6.91. The molecule has 0 radical (unpaired) electrons. The molecule has 0 rings (SSSR count). The minimum Gasteiger partial charge on any atom is -0.374 e. The molecule has 0 saturated heterocycles. The van der Waals surface area contributed by atoms with Crippen LogP contribution in [0.25, 0.3) is 0 Å². The van der Waals surface area contributed by atoms with Crippen LogP contribution in [0.1, 0.15) is 27.2 Å². The highest BCUT2D eigenvalue weighted by molar-refractivity contribution is 8.21. The Morgan fingerprint density at radius 1 is 1.00 bits per heavy atom. The van der Waals surface area contributed by atoms with Gasteiger partial charge in [0.05, 0.1) is 0 Å². The zero-order valence-electron chi connectivity index (χ0n) is 9.75. The molecule has 0 aromatic rings. The quantitative estimate of drug-likeness (QED) is 0.450. The Balaban J connectivity index is 4.18. The Bertz CT molecular complexity index is 134. The molecule has 0 saturated carbocycles. The molecule has 0 aromatic carbocycles. The van der Waals surface area contributed by atoms with Crippen molar-refractivity contribution in [3.05, 3.63) is 0 Å². The SMILES string of the molecule is CCO[Si](CCCSCl)(OCC)OCC. The second kappa shape index (κ2) is 9.93. The second-order valence-electron chi connectivity index (χ2n) is 2.90. The summed E-state index contributed by atoms with van der Waals surface area (Å²) in [5.74, 6) is 0.906. The highest BCUT2D eigenvalue weighted by Crippen LogP contribution is 2.20. The van der Waals surface area contributed by atoms with E-state index in [-0.39, 0.29) is 0 Å². The van der Waals surface area contributed by atoms with Gasteiger partial charge in [-0.15, -0.1) is 0 Å². The first kappa shape index (κ1) is 15.7. The smallest absolute Gasteiger partial charge is 0.374 e. The van der Waals surface area contributed by atoms with Crippen LogP contribution in [0.5, 0.6) is 0 Å². The van der Waals surface area contributed by atoms with Crippen molar-refractivity contribution in [3.63, 3.8) is 0 Å². The lowest BCUT2D eigenvalue weighted by Crippen LogP contribution is -2.46.